The maximum atomic E-state index is 11.1. The fraction of sp³-hybridized carbons (Fsp3) is 0.133. The Morgan fingerprint density at radius 1 is 1.32 bits per heavy atom. The van der Waals surface area contributed by atoms with Crippen molar-refractivity contribution in [1.82, 2.24) is 9.38 Å². The molecule has 0 atom stereocenters. The van der Waals surface area contributed by atoms with Crippen molar-refractivity contribution in [3.8, 4) is 0 Å². The molecule has 112 valence electrons. The van der Waals surface area contributed by atoms with Crippen molar-refractivity contribution in [2.75, 3.05) is 11.9 Å². The Morgan fingerprint density at radius 2 is 2.18 bits per heavy atom. The Balaban J connectivity index is 1.69. The first-order valence-electron chi connectivity index (χ1n) is 6.74. The minimum atomic E-state index is -0.391. The molecule has 0 unspecified atom stereocenters. The van der Waals surface area contributed by atoms with E-state index in [1.165, 1.54) is 6.07 Å². The average Bonchev–Trinajstić information content (AvgIpc) is 2.91. The van der Waals surface area contributed by atoms with Gasteiger partial charge in [0.2, 0.25) is 0 Å². The lowest BCUT2D eigenvalue weighted by atomic mass is 10.2. The number of fused-ring (bicyclic) bond motifs is 1. The van der Waals surface area contributed by atoms with Gasteiger partial charge in [0, 0.05) is 35.9 Å². The maximum absolute atomic E-state index is 11.1. The first-order valence-corrected chi connectivity index (χ1v) is 7.53. The van der Waals surface area contributed by atoms with Gasteiger partial charge in [-0.15, -0.1) is 0 Å². The second kappa shape index (κ2) is 6.15. The van der Waals surface area contributed by atoms with E-state index in [1.807, 2.05) is 35.0 Å². The molecule has 1 N–H and O–H groups in total. The second-order valence-electron chi connectivity index (χ2n) is 4.79. The largest absolute Gasteiger partial charge is 0.379 e. The van der Waals surface area contributed by atoms with Gasteiger partial charge >= 0.3 is 0 Å². The standard InChI is InChI=1S/C15H13BrN4O2/c16-11-4-5-13(14(9-11)20(21)22)17-7-6-12-10-19-8-2-1-3-15(19)18-12/h1-5,8-10,17H,6-7H2. The molecule has 0 fully saturated rings. The molecule has 0 spiro atoms. The van der Waals surface area contributed by atoms with E-state index in [1.54, 1.807) is 12.1 Å². The van der Waals surface area contributed by atoms with Crippen LogP contribution in [-0.2, 0) is 6.42 Å². The molecule has 3 rings (SSSR count). The van der Waals surface area contributed by atoms with Crippen molar-refractivity contribution in [2.24, 2.45) is 0 Å². The van der Waals surface area contributed by atoms with Crippen molar-refractivity contribution in [1.29, 1.82) is 0 Å². The molecule has 0 aliphatic rings. The van der Waals surface area contributed by atoms with Gasteiger partial charge in [-0.3, -0.25) is 10.1 Å². The summed E-state index contributed by atoms with van der Waals surface area (Å²) < 4.78 is 2.64. The van der Waals surface area contributed by atoms with Gasteiger partial charge < -0.3 is 9.72 Å². The van der Waals surface area contributed by atoms with Crippen LogP contribution in [0.3, 0.4) is 0 Å². The zero-order valence-corrected chi connectivity index (χ0v) is 13.2. The van der Waals surface area contributed by atoms with Gasteiger partial charge in [-0.25, -0.2) is 4.98 Å². The summed E-state index contributed by atoms with van der Waals surface area (Å²) in [6, 6.07) is 10.8. The summed E-state index contributed by atoms with van der Waals surface area (Å²) in [5, 5.41) is 14.2. The van der Waals surface area contributed by atoms with Crippen LogP contribution in [0.25, 0.3) is 5.65 Å². The SMILES string of the molecule is O=[N+]([O-])c1cc(Br)ccc1NCCc1cn2ccccc2n1. The van der Waals surface area contributed by atoms with Crippen molar-refractivity contribution >= 4 is 33.0 Å². The highest BCUT2D eigenvalue weighted by atomic mass is 79.9. The fourth-order valence-electron chi connectivity index (χ4n) is 2.24. The minimum absolute atomic E-state index is 0.0596. The van der Waals surface area contributed by atoms with E-state index in [0.717, 1.165) is 11.3 Å². The minimum Gasteiger partial charge on any atom is -0.379 e. The lowest BCUT2D eigenvalue weighted by molar-refractivity contribution is -0.384. The molecule has 2 aromatic heterocycles. The van der Waals surface area contributed by atoms with Crippen LogP contribution in [0.4, 0.5) is 11.4 Å². The number of imidazole rings is 1. The molecule has 0 radical (unpaired) electrons. The lowest BCUT2D eigenvalue weighted by Gasteiger charge is -2.06. The van der Waals surface area contributed by atoms with Crippen LogP contribution in [0.1, 0.15) is 5.69 Å². The molecule has 0 aliphatic heterocycles. The number of hydrogen-bond acceptors (Lipinski definition) is 4. The number of rotatable bonds is 5. The number of halogens is 1. The number of nitro benzene ring substituents is 1. The summed E-state index contributed by atoms with van der Waals surface area (Å²) in [6.45, 7) is 0.576. The van der Waals surface area contributed by atoms with Crippen LogP contribution in [0, 0.1) is 10.1 Å². The van der Waals surface area contributed by atoms with Crippen LogP contribution < -0.4 is 5.32 Å². The highest BCUT2D eigenvalue weighted by Gasteiger charge is 2.13. The molecule has 0 saturated heterocycles. The lowest BCUT2D eigenvalue weighted by Crippen LogP contribution is -2.07. The van der Waals surface area contributed by atoms with Crippen LogP contribution in [0.5, 0.6) is 0 Å². The summed E-state index contributed by atoms with van der Waals surface area (Å²) >= 11 is 3.24. The molecule has 0 bridgehead atoms. The molecule has 1 aromatic carbocycles. The summed E-state index contributed by atoms with van der Waals surface area (Å²) in [5.41, 5.74) is 2.41. The van der Waals surface area contributed by atoms with E-state index in [2.05, 4.69) is 26.2 Å². The number of hydrogen-bond donors (Lipinski definition) is 1. The number of nitro groups is 1. The number of benzene rings is 1. The van der Waals surface area contributed by atoms with E-state index < -0.39 is 4.92 Å². The van der Waals surface area contributed by atoms with Crippen LogP contribution >= 0.6 is 15.9 Å². The molecular formula is C15H13BrN4O2. The number of nitrogens with one attached hydrogen (secondary N) is 1. The smallest absolute Gasteiger partial charge is 0.293 e. The highest BCUT2D eigenvalue weighted by molar-refractivity contribution is 9.10. The maximum Gasteiger partial charge on any atom is 0.293 e. The van der Waals surface area contributed by atoms with Crippen molar-refractivity contribution < 1.29 is 4.92 Å². The van der Waals surface area contributed by atoms with Crippen LogP contribution in [0.2, 0.25) is 0 Å². The van der Waals surface area contributed by atoms with E-state index in [4.69, 9.17) is 0 Å². The predicted molar refractivity (Wildman–Crippen MR) is 88.2 cm³/mol. The summed E-state index contributed by atoms with van der Waals surface area (Å²) in [5.74, 6) is 0. The normalized spacial score (nSPS) is 10.8. The second-order valence-corrected chi connectivity index (χ2v) is 5.71. The van der Waals surface area contributed by atoms with Gasteiger partial charge in [-0.2, -0.15) is 0 Å². The monoisotopic (exact) mass is 360 g/mol. The van der Waals surface area contributed by atoms with Crippen LogP contribution in [-0.4, -0.2) is 20.9 Å². The Hall–Kier alpha value is -2.41. The third-order valence-corrected chi connectivity index (χ3v) is 3.76. The quantitative estimate of drug-likeness (QED) is 0.556. The number of anilines is 1. The van der Waals surface area contributed by atoms with Gasteiger partial charge in [-0.05, 0) is 24.3 Å². The van der Waals surface area contributed by atoms with Crippen LogP contribution in [0.15, 0.2) is 53.3 Å². The molecule has 3 aromatic rings. The number of pyridine rings is 1. The molecule has 7 heteroatoms. The zero-order chi connectivity index (χ0) is 15.5. The Morgan fingerprint density at radius 3 is 2.95 bits per heavy atom. The Kier molecular flexibility index (Phi) is 4.06. The summed E-state index contributed by atoms with van der Waals surface area (Å²) in [4.78, 5) is 15.2. The molecule has 0 aliphatic carbocycles. The Bertz CT molecular complexity index is 798. The average molecular weight is 361 g/mol. The number of aromatic nitrogens is 2. The first kappa shape index (κ1) is 14.5. The molecule has 6 nitrogen and oxygen atoms in total. The van der Waals surface area contributed by atoms with Gasteiger partial charge in [0.05, 0.1) is 10.6 Å². The summed E-state index contributed by atoms with van der Waals surface area (Å²) in [7, 11) is 0. The molecule has 22 heavy (non-hydrogen) atoms. The first-order chi connectivity index (χ1) is 10.6. The zero-order valence-electron chi connectivity index (χ0n) is 11.6. The third-order valence-electron chi connectivity index (χ3n) is 3.27. The third kappa shape index (κ3) is 3.09. The topological polar surface area (TPSA) is 72.5 Å². The van der Waals surface area contributed by atoms with Crippen molar-refractivity contribution in [3.63, 3.8) is 0 Å². The van der Waals surface area contributed by atoms with E-state index >= 15 is 0 Å². The number of nitrogens with zero attached hydrogens (tertiary/aromatic N) is 3. The van der Waals surface area contributed by atoms with Crippen molar-refractivity contribution in [3.05, 3.63) is 69.1 Å². The van der Waals surface area contributed by atoms with Gasteiger partial charge in [0.25, 0.3) is 5.69 Å². The molecule has 2 heterocycles. The molecular weight excluding hydrogens is 348 g/mol. The molecule has 0 amide bonds. The van der Waals surface area contributed by atoms with Gasteiger partial charge in [-0.1, -0.05) is 22.0 Å². The Labute approximate surface area is 135 Å². The molecule has 0 saturated carbocycles. The van der Waals surface area contributed by atoms with E-state index in [9.17, 15) is 10.1 Å². The van der Waals surface area contributed by atoms with E-state index in [-0.39, 0.29) is 5.69 Å². The van der Waals surface area contributed by atoms with E-state index in [0.29, 0.717) is 23.1 Å². The van der Waals surface area contributed by atoms with Crippen molar-refractivity contribution in [2.45, 2.75) is 6.42 Å². The van der Waals surface area contributed by atoms with Gasteiger partial charge in [0.15, 0.2) is 0 Å². The predicted octanol–water partition coefficient (Wildman–Crippen LogP) is 3.66. The van der Waals surface area contributed by atoms with Gasteiger partial charge in [0.1, 0.15) is 11.3 Å². The fourth-order valence-corrected chi connectivity index (χ4v) is 2.59. The highest BCUT2D eigenvalue weighted by Crippen LogP contribution is 2.27. The summed E-state index contributed by atoms with van der Waals surface area (Å²) in [6.07, 6.45) is 4.60.